The van der Waals surface area contributed by atoms with Crippen molar-refractivity contribution in [3.05, 3.63) is 39.9 Å². The van der Waals surface area contributed by atoms with Gasteiger partial charge in [0.15, 0.2) is 0 Å². The Kier molecular flexibility index (Phi) is 3.74. The third-order valence-corrected chi connectivity index (χ3v) is 3.53. The molecule has 4 heteroatoms. The number of para-hydroxylation sites is 1. The van der Waals surface area contributed by atoms with Crippen molar-refractivity contribution in [3.63, 3.8) is 0 Å². The van der Waals surface area contributed by atoms with Gasteiger partial charge in [0.25, 0.3) is 5.69 Å². The largest absolute Gasteiger partial charge is 0.327 e. The van der Waals surface area contributed by atoms with Crippen molar-refractivity contribution < 1.29 is 4.92 Å². The van der Waals surface area contributed by atoms with Crippen LogP contribution in [0.3, 0.4) is 0 Å². The van der Waals surface area contributed by atoms with E-state index >= 15 is 0 Å². The lowest BCUT2D eigenvalue weighted by atomic mass is 9.80. The van der Waals surface area contributed by atoms with Crippen LogP contribution in [0, 0.1) is 16.0 Å². The lowest BCUT2D eigenvalue weighted by molar-refractivity contribution is -0.385. The van der Waals surface area contributed by atoms with Gasteiger partial charge >= 0.3 is 0 Å². The number of hydrogen-bond donors (Lipinski definition) is 1. The summed E-state index contributed by atoms with van der Waals surface area (Å²) in [5, 5.41) is 10.9. The average Bonchev–Trinajstić information content (AvgIpc) is 2.24. The molecular formula is C13H18N2O2. The van der Waals surface area contributed by atoms with Crippen LogP contribution in [0.15, 0.2) is 24.3 Å². The third kappa shape index (κ3) is 3.03. The number of nitrogens with zero attached hydrogens (tertiary/aromatic N) is 1. The Hall–Kier alpha value is -1.42. The smallest absolute Gasteiger partial charge is 0.272 e. The predicted octanol–water partition coefficient (Wildman–Crippen LogP) is 2.65. The first kappa shape index (κ1) is 12.0. The fourth-order valence-corrected chi connectivity index (χ4v) is 2.38. The van der Waals surface area contributed by atoms with E-state index in [0.717, 1.165) is 17.9 Å². The Balaban J connectivity index is 1.99. The SMILES string of the molecule is NC(Cc1ccccc1[N+](=O)[O-])CC1CCC1. The molecule has 0 bridgehead atoms. The highest BCUT2D eigenvalue weighted by atomic mass is 16.6. The third-order valence-electron chi connectivity index (χ3n) is 3.53. The van der Waals surface area contributed by atoms with Gasteiger partial charge in [0, 0.05) is 17.7 Å². The van der Waals surface area contributed by atoms with Gasteiger partial charge in [-0.25, -0.2) is 0 Å². The van der Waals surface area contributed by atoms with Crippen LogP contribution < -0.4 is 5.73 Å². The van der Waals surface area contributed by atoms with E-state index < -0.39 is 0 Å². The summed E-state index contributed by atoms with van der Waals surface area (Å²) in [5.74, 6) is 0.743. The van der Waals surface area contributed by atoms with Gasteiger partial charge in [-0.2, -0.15) is 0 Å². The second kappa shape index (κ2) is 5.27. The van der Waals surface area contributed by atoms with Gasteiger partial charge in [0.1, 0.15) is 0 Å². The van der Waals surface area contributed by atoms with Crippen LogP contribution in [0.4, 0.5) is 5.69 Å². The molecule has 1 atom stereocenters. The number of nitrogens with two attached hydrogens (primary N) is 1. The molecule has 0 saturated heterocycles. The first-order chi connectivity index (χ1) is 8.16. The van der Waals surface area contributed by atoms with Gasteiger partial charge in [-0.3, -0.25) is 10.1 Å². The second-order valence-corrected chi connectivity index (χ2v) is 4.88. The topological polar surface area (TPSA) is 69.2 Å². The summed E-state index contributed by atoms with van der Waals surface area (Å²) in [6, 6.07) is 6.92. The molecule has 2 rings (SSSR count). The van der Waals surface area contributed by atoms with Gasteiger partial charge in [-0.1, -0.05) is 37.5 Å². The molecule has 1 unspecified atom stereocenters. The molecule has 0 aliphatic heterocycles. The number of nitro groups is 1. The molecule has 92 valence electrons. The highest BCUT2D eigenvalue weighted by Gasteiger charge is 2.22. The molecular weight excluding hydrogens is 216 g/mol. The van der Waals surface area contributed by atoms with E-state index in [0.29, 0.717) is 6.42 Å². The first-order valence-electron chi connectivity index (χ1n) is 6.14. The van der Waals surface area contributed by atoms with Gasteiger partial charge < -0.3 is 5.73 Å². The van der Waals surface area contributed by atoms with Crippen LogP contribution in [0.5, 0.6) is 0 Å². The normalized spacial score (nSPS) is 17.5. The highest BCUT2D eigenvalue weighted by molar-refractivity contribution is 5.40. The maximum atomic E-state index is 10.9. The van der Waals surface area contributed by atoms with Crippen LogP contribution in [0.1, 0.15) is 31.2 Å². The highest BCUT2D eigenvalue weighted by Crippen LogP contribution is 2.31. The van der Waals surface area contributed by atoms with Gasteiger partial charge in [0.2, 0.25) is 0 Å². The van der Waals surface area contributed by atoms with Crippen molar-refractivity contribution in [3.8, 4) is 0 Å². The van der Waals surface area contributed by atoms with Crippen molar-refractivity contribution in [1.29, 1.82) is 0 Å². The van der Waals surface area contributed by atoms with Gasteiger partial charge in [0.05, 0.1) is 4.92 Å². The summed E-state index contributed by atoms with van der Waals surface area (Å²) >= 11 is 0. The summed E-state index contributed by atoms with van der Waals surface area (Å²) in [6.07, 6.45) is 5.44. The summed E-state index contributed by atoms with van der Waals surface area (Å²) in [7, 11) is 0. The molecule has 0 radical (unpaired) electrons. The number of hydrogen-bond acceptors (Lipinski definition) is 3. The van der Waals surface area contributed by atoms with Crippen molar-refractivity contribution >= 4 is 5.69 Å². The van der Waals surface area contributed by atoms with E-state index in [1.54, 1.807) is 18.2 Å². The van der Waals surface area contributed by atoms with E-state index in [4.69, 9.17) is 5.73 Å². The molecule has 0 amide bonds. The summed E-state index contributed by atoms with van der Waals surface area (Å²) in [4.78, 5) is 10.5. The van der Waals surface area contributed by atoms with Gasteiger partial charge in [-0.15, -0.1) is 0 Å². The minimum atomic E-state index is -0.328. The molecule has 2 N–H and O–H groups in total. The van der Waals surface area contributed by atoms with Crippen LogP contribution in [-0.2, 0) is 6.42 Å². The van der Waals surface area contributed by atoms with Gasteiger partial charge in [-0.05, 0) is 18.8 Å². The zero-order valence-electron chi connectivity index (χ0n) is 9.84. The van der Waals surface area contributed by atoms with Crippen molar-refractivity contribution in [2.24, 2.45) is 11.7 Å². The van der Waals surface area contributed by atoms with E-state index in [2.05, 4.69) is 0 Å². The van der Waals surface area contributed by atoms with Crippen molar-refractivity contribution in [1.82, 2.24) is 0 Å². The lowest BCUT2D eigenvalue weighted by Crippen LogP contribution is -2.28. The maximum Gasteiger partial charge on any atom is 0.272 e. The zero-order chi connectivity index (χ0) is 12.3. The van der Waals surface area contributed by atoms with Crippen LogP contribution in [0.2, 0.25) is 0 Å². The minimum Gasteiger partial charge on any atom is -0.327 e. The fraction of sp³-hybridized carbons (Fsp3) is 0.538. The van der Waals surface area contributed by atoms with E-state index in [1.165, 1.54) is 19.3 Å². The lowest BCUT2D eigenvalue weighted by Gasteiger charge is -2.28. The zero-order valence-corrected chi connectivity index (χ0v) is 9.84. The number of nitro benzene ring substituents is 1. The Morgan fingerprint density at radius 1 is 1.41 bits per heavy atom. The van der Waals surface area contributed by atoms with E-state index in [9.17, 15) is 10.1 Å². The molecule has 0 aromatic heterocycles. The maximum absolute atomic E-state index is 10.9. The molecule has 17 heavy (non-hydrogen) atoms. The van der Waals surface area contributed by atoms with Crippen molar-refractivity contribution in [2.45, 2.75) is 38.1 Å². The minimum absolute atomic E-state index is 0.0430. The number of rotatable bonds is 5. The van der Waals surface area contributed by atoms with Crippen LogP contribution >= 0.6 is 0 Å². The van der Waals surface area contributed by atoms with Crippen LogP contribution in [-0.4, -0.2) is 11.0 Å². The first-order valence-corrected chi connectivity index (χ1v) is 6.14. The Bertz CT molecular complexity index is 402. The molecule has 1 aliphatic rings. The van der Waals surface area contributed by atoms with Crippen LogP contribution in [0.25, 0.3) is 0 Å². The Morgan fingerprint density at radius 2 is 2.12 bits per heavy atom. The molecule has 1 aromatic rings. The molecule has 0 spiro atoms. The molecule has 1 aromatic carbocycles. The molecule has 4 nitrogen and oxygen atoms in total. The summed E-state index contributed by atoms with van der Waals surface area (Å²) in [6.45, 7) is 0. The standard InChI is InChI=1S/C13H18N2O2/c14-12(8-10-4-3-5-10)9-11-6-1-2-7-13(11)15(16)17/h1-2,6-7,10,12H,3-5,8-9,14H2. The second-order valence-electron chi connectivity index (χ2n) is 4.88. The van der Waals surface area contributed by atoms with E-state index in [-0.39, 0.29) is 16.7 Å². The monoisotopic (exact) mass is 234 g/mol. The Labute approximate surface area is 101 Å². The molecule has 1 aliphatic carbocycles. The fourth-order valence-electron chi connectivity index (χ4n) is 2.38. The summed E-state index contributed by atoms with van der Waals surface area (Å²) in [5.41, 5.74) is 7.01. The van der Waals surface area contributed by atoms with Crippen molar-refractivity contribution in [2.75, 3.05) is 0 Å². The quantitative estimate of drug-likeness (QED) is 0.629. The molecule has 1 fully saturated rings. The molecule has 1 saturated carbocycles. The number of benzene rings is 1. The predicted molar refractivity (Wildman–Crippen MR) is 66.7 cm³/mol. The average molecular weight is 234 g/mol. The summed E-state index contributed by atoms with van der Waals surface area (Å²) < 4.78 is 0. The van der Waals surface area contributed by atoms with E-state index in [1.807, 2.05) is 6.07 Å². The molecule has 0 heterocycles. The Morgan fingerprint density at radius 3 is 2.71 bits per heavy atom.